The second kappa shape index (κ2) is 11.2. The van der Waals surface area contributed by atoms with Crippen molar-refractivity contribution >= 4 is 29.1 Å². The fourth-order valence-corrected chi connectivity index (χ4v) is 11.0. The van der Waals surface area contributed by atoms with Gasteiger partial charge in [-0.2, -0.15) is 0 Å². The number of imide groups is 1. The lowest BCUT2D eigenvalue weighted by atomic mass is 9.41. The Balaban J connectivity index is 1.32. The summed E-state index contributed by atoms with van der Waals surface area (Å²) in [6, 6.07) is 12.6. The molecule has 0 aromatic heterocycles. The van der Waals surface area contributed by atoms with Gasteiger partial charge in [0.15, 0.2) is 0 Å². The van der Waals surface area contributed by atoms with Gasteiger partial charge in [-0.1, -0.05) is 59.6 Å². The summed E-state index contributed by atoms with van der Waals surface area (Å²) in [4.78, 5) is 43.7. The lowest BCUT2D eigenvalue weighted by Gasteiger charge is -2.63. The molecular weight excluding hydrogens is 572 g/mol. The van der Waals surface area contributed by atoms with Crippen LogP contribution in [0, 0.1) is 22.2 Å². The first kappa shape index (κ1) is 32.7. The van der Waals surface area contributed by atoms with Gasteiger partial charge in [-0.25, -0.2) is 0 Å². The van der Waals surface area contributed by atoms with Crippen LogP contribution in [0.2, 0.25) is 0 Å². The molecule has 0 unspecified atom stereocenters. The van der Waals surface area contributed by atoms with Crippen molar-refractivity contribution in [3.8, 4) is 0 Å². The Morgan fingerprint density at radius 1 is 0.848 bits per heavy atom. The van der Waals surface area contributed by atoms with E-state index in [-0.39, 0.29) is 46.4 Å². The highest BCUT2D eigenvalue weighted by Gasteiger charge is 2.65. The van der Waals surface area contributed by atoms with Crippen molar-refractivity contribution in [2.75, 3.05) is 31.7 Å². The van der Waals surface area contributed by atoms with E-state index in [1.54, 1.807) is 19.0 Å². The summed E-state index contributed by atoms with van der Waals surface area (Å²) in [5.41, 5.74) is 10.9. The number of amides is 3. The molecule has 2 saturated carbocycles. The number of carbonyl (C=O) groups excluding carboxylic acids is 3. The van der Waals surface area contributed by atoms with E-state index in [0.717, 1.165) is 75.6 Å². The van der Waals surface area contributed by atoms with E-state index < -0.39 is 10.8 Å². The van der Waals surface area contributed by atoms with E-state index in [0.29, 0.717) is 0 Å². The summed E-state index contributed by atoms with van der Waals surface area (Å²) < 4.78 is 0. The highest BCUT2D eigenvalue weighted by Crippen LogP contribution is 2.66. The number of benzene rings is 2. The molecule has 248 valence electrons. The van der Waals surface area contributed by atoms with Crippen LogP contribution in [-0.4, -0.2) is 43.3 Å². The molecular formula is C39H54N4O3. The van der Waals surface area contributed by atoms with E-state index in [9.17, 15) is 14.4 Å². The summed E-state index contributed by atoms with van der Waals surface area (Å²) in [5.74, 6) is 0.00143. The molecule has 2 aromatic carbocycles. The van der Waals surface area contributed by atoms with Crippen molar-refractivity contribution in [2.24, 2.45) is 22.2 Å². The quantitative estimate of drug-likeness (QED) is 0.259. The molecule has 0 aliphatic heterocycles. The highest BCUT2D eigenvalue weighted by atomic mass is 16.2. The Kier molecular flexibility index (Phi) is 7.98. The molecule has 4 aliphatic carbocycles. The second-order valence-electron chi connectivity index (χ2n) is 16.2. The highest BCUT2D eigenvalue weighted by molar-refractivity contribution is 6.01. The first-order valence-electron chi connectivity index (χ1n) is 17.4. The van der Waals surface area contributed by atoms with Gasteiger partial charge in [0.1, 0.15) is 0 Å². The summed E-state index contributed by atoms with van der Waals surface area (Å²) in [5, 5.41) is 5.96. The molecule has 6 rings (SSSR count). The Morgan fingerprint density at radius 3 is 2.28 bits per heavy atom. The maximum absolute atomic E-state index is 15.0. The Morgan fingerprint density at radius 2 is 1.54 bits per heavy atom. The predicted molar refractivity (Wildman–Crippen MR) is 184 cm³/mol. The molecule has 4 N–H and O–H groups in total. The summed E-state index contributed by atoms with van der Waals surface area (Å²) >= 11 is 0. The third-order valence-corrected chi connectivity index (χ3v) is 14.0. The molecule has 0 radical (unpaired) electrons. The number of nitrogen functional groups attached to an aromatic ring is 1. The van der Waals surface area contributed by atoms with Crippen LogP contribution in [-0.2, 0) is 38.1 Å². The Hall–Kier alpha value is -3.19. The van der Waals surface area contributed by atoms with Crippen molar-refractivity contribution < 1.29 is 14.4 Å². The van der Waals surface area contributed by atoms with Gasteiger partial charge in [-0.05, 0) is 127 Å². The number of likely N-dealkylation sites (N-methyl/N-ethyl adjacent to an activating group) is 1. The van der Waals surface area contributed by atoms with Crippen LogP contribution in [0.1, 0.15) is 108 Å². The first-order valence-corrected chi connectivity index (χ1v) is 17.4. The summed E-state index contributed by atoms with van der Waals surface area (Å²) in [6.07, 6.45) is 9.01. The van der Waals surface area contributed by atoms with Gasteiger partial charge in [0.05, 0.1) is 17.4 Å². The minimum atomic E-state index is -0.713. The molecule has 0 saturated heterocycles. The lowest BCUT2D eigenvalue weighted by Crippen LogP contribution is -2.64. The zero-order valence-corrected chi connectivity index (χ0v) is 29.1. The zero-order chi connectivity index (χ0) is 33.3. The van der Waals surface area contributed by atoms with Gasteiger partial charge in [0, 0.05) is 18.4 Å². The minimum Gasteiger partial charge on any atom is -0.399 e. The number of aryl methyl sites for hydroxylation is 2. The monoisotopic (exact) mass is 626 g/mol. The normalized spacial score (nSPS) is 34.7. The molecule has 7 heteroatoms. The van der Waals surface area contributed by atoms with Crippen LogP contribution in [0.15, 0.2) is 36.4 Å². The van der Waals surface area contributed by atoms with E-state index in [1.165, 1.54) is 22.3 Å². The number of anilines is 2. The standard InChI is InChI=1S/C39H54N4O3/c1-35-17-8-18-36(2,31(35)15-12-25-10-13-27(40)22-29(25)35)33(45)43(7)34(46)38(4)20-9-19-37(3)30-23-28(42-32(44)24-41-6)14-11-26(30)16-21-39(37,38)5/h10-11,13-14,22-23,31,41H,8-9,12,15-21,24,40H2,1-7H3,(H,42,44)/t31-,35-,36+,37-,38-,39-/m1/s1. The Bertz CT molecular complexity index is 1590. The molecule has 0 spiro atoms. The van der Waals surface area contributed by atoms with Crippen molar-refractivity contribution in [1.82, 2.24) is 10.2 Å². The van der Waals surface area contributed by atoms with Crippen LogP contribution >= 0.6 is 0 Å². The van der Waals surface area contributed by atoms with Crippen LogP contribution in [0.25, 0.3) is 0 Å². The van der Waals surface area contributed by atoms with Gasteiger partial charge in [0.2, 0.25) is 17.7 Å². The molecule has 7 nitrogen and oxygen atoms in total. The maximum Gasteiger partial charge on any atom is 0.238 e. The van der Waals surface area contributed by atoms with Crippen LogP contribution in [0.5, 0.6) is 0 Å². The summed E-state index contributed by atoms with van der Waals surface area (Å²) in [7, 11) is 3.52. The van der Waals surface area contributed by atoms with Crippen LogP contribution < -0.4 is 16.4 Å². The molecule has 46 heavy (non-hydrogen) atoms. The van der Waals surface area contributed by atoms with E-state index >= 15 is 0 Å². The fourth-order valence-electron chi connectivity index (χ4n) is 11.0. The van der Waals surface area contributed by atoms with E-state index in [2.05, 4.69) is 69.5 Å². The van der Waals surface area contributed by atoms with Crippen molar-refractivity contribution in [1.29, 1.82) is 0 Å². The molecule has 3 amide bonds. The molecule has 2 aromatic rings. The number of nitrogens with two attached hydrogens (primary N) is 1. The van der Waals surface area contributed by atoms with Crippen molar-refractivity contribution in [3.05, 3.63) is 58.7 Å². The molecule has 0 bridgehead atoms. The van der Waals surface area contributed by atoms with Gasteiger partial charge in [0.25, 0.3) is 0 Å². The molecule has 2 fully saturated rings. The summed E-state index contributed by atoms with van der Waals surface area (Å²) in [6.45, 7) is 11.4. The molecule has 4 aliphatic rings. The van der Waals surface area contributed by atoms with Gasteiger partial charge >= 0.3 is 0 Å². The second-order valence-corrected chi connectivity index (χ2v) is 16.2. The number of nitrogens with one attached hydrogen (secondary N) is 2. The topological polar surface area (TPSA) is 105 Å². The molecule has 0 heterocycles. The van der Waals surface area contributed by atoms with Crippen LogP contribution in [0.3, 0.4) is 0 Å². The SMILES string of the molecule is CNCC(=O)Nc1ccc2c(c1)[C@@]1(C)CCC[C@](C)(C(=O)N(C)C(=O)[C@@]3(C)CCC[C@]4(C)c5cc(N)ccc5CC[C@@H]34)[C@]1(C)CC2. The number of rotatable bonds is 5. The van der Waals surface area contributed by atoms with E-state index in [1.807, 2.05) is 12.1 Å². The van der Waals surface area contributed by atoms with Crippen LogP contribution in [0.4, 0.5) is 11.4 Å². The van der Waals surface area contributed by atoms with Gasteiger partial charge in [-0.3, -0.25) is 19.3 Å². The number of fused-ring (bicyclic) bond motifs is 6. The predicted octanol–water partition coefficient (Wildman–Crippen LogP) is 6.52. The third kappa shape index (κ3) is 4.58. The minimum absolute atomic E-state index is 0.0244. The average molecular weight is 627 g/mol. The molecule has 6 atom stereocenters. The maximum atomic E-state index is 15.0. The van der Waals surface area contributed by atoms with Crippen molar-refractivity contribution in [3.63, 3.8) is 0 Å². The Labute approximate surface area is 275 Å². The van der Waals surface area contributed by atoms with Gasteiger partial charge in [-0.15, -0.1) is 0 Å². The number of hydrogen-bond donors (Lipinski definition) is 3. The van der Waals surface area contributed by atoms with Crippen molar-refractivity contribution in [2.45, 2.75) is 110 Å². The largest absolute Gasteiger partial charge is 0.399 e. The zero-order valence-electron chi connectivity index (χ0n) is 29.1. The first-order chi connectivity index (χ1) is 21.6. The average Bonchev–Trinajstić information content (AvgIpc) is 3.01. The number of carbonyl (C=O) groups is 3. The van der Waals surface area contributed by atoms with Gasteiger partial charge < -0.3 is 16.4 Å². The number of nitrogens with zero attached hydrogens (tertiary/aromatic N) is 1. The number of hydrogen-bond acceptors (Lipinski definition) is 5. The third-order valence-electron chi connectivity index (χ3n) is 14.0. The van der Waals surface area contributed by atoms with E-state index in [4.69, 9.17) is 5.73 Å². The smallest absolute Gasteiger partial charge is 0.238 e. The lowest BCUT2D eigenvalue weighted by molar-refractivity contribution is -0.171. The fraction of sp³-hybridized carbons (Fsp3) is 0.615.